The fourth-order valence-electron chi connectivity index (χ4n) is 1.98. The molecule has 118 valence electrons. The van der Waals surface area contributed by atoms with Gasteiger partial charge < -0.3 is 10.6 Å². The van der Waals surface area contributed by atoms with Gasteiger partial charge in [0, 0.05) is 23.2 Å². The van der Waals surface area contributed by atoms with Crippen molar-refractivity contribution in [3.05, 3.63) is 46.2 Å². The van der Waals surface area contributed by atoms with Gasteiger partial charge in [0.15, 0.2) is 11.6 Å². The van der Waals surface area contributed by atoms with Crippen LogP contribution >= 0.6 is 11.6 Å². The van der Waals surface area contributed by atoms with E-state index >= 15 is 0 Å². The number of nitrogens with one attached hydrogen (secondary N) is 3. The highest BCUT2D eigenvalue weighted by Gasteiger charge is 2.15. The quantitative estimate of drug-likeness (QED) is 0.805. The van der Waals surface area contributed by atoms with Crippen LogP contribution in [0, 0.1) is 18.6 Å². The molecule has 1 atom stereocenters. The summed E-state index contributed by atoms with van der Waals surface area (Å²) in [5, 5.41) is 11.5. The van der Waals surface area contributed by atoms with Crippen molar-refractivity contribution >= 4 is 23.3 Å². The highest BCUT2D eigenvalue weighted by molar-refractivity contribution is 6.30. The van der Waals surface area contributed by atoms with E-state index in [1.807, 2.05) is 13.0 Å². The zero-order valence-corrected chi connectivity index (χ0v) is 12.8. The lowest BCUT2D eigenvalue weighted by Gasteiger charge is -2.14. The third-order valence-corrected chi connectivity index (χ3v) is 3.12. The molecule has 2 aromatic rings. The minimum atomic E-state index is -0.935. The van der Waals surface area contributed by atoms with E-state index in [1.165, 1.54) is 0 Å². The fourth-order valence-corrected chi connectivity index (χ4v) is 2.17. The SMILES string of the molecule is Cc1cc(C[C@@H](C)NC(=O)Nc2c(F)cc(Cl)cc2F)n[nH]1. The number of carbonyl (C=O) groups excluding carboxylic acids is 1. The minimum Gasteiger partial charge on any atom is -0.335 e. The molecule has 1 heterocycles. The molecule has 2 amide bonds. The molecule has 22 heavy (non-hydrogen) atoms. The summed E-state index contributed by atoms with van der Waals surface area (Å²) in [6, 6.07) is 2.74. The van der Waals surface area contributed by atoms with E-state index in [1.54, 1.807) is 6.92 Å². The Bertz CT molecular complexity index is 666. The molecule has 0 saturated carbocycles. The van der Waals surface area contributed by atoms with Crippen molar-refractivity contribution in [1.29, 1.82) is 0 Å². The number of urea groups is 1. The summed E-state index contributed by atoms with van der Waals surface area (Å²) in [5.74, 6) is -1.87. The lowest BCUT2D eigenvalue weighted by atomic mass is 10.2. The molecule has 2 rings (SSSR count). The van der Waals surface area contributed by atoms with Crippen LogP contribution in [0.5, 0.6) is 0 Å². The van der Waals surface area contributed by atoms with E-state index in [2.05, 4.69) is 20.8 Å². The first kappa shape index (κ1) is 16.2. The van der Waals surface area contributed by atoms with E-state index in [4.69, 9.17) is 11.6 Å². The van der Waals surface area contributed by atoms with Crippen LogP contribution in [0.1, 0.15) is 18.3 Å². The summed E-state index contributed by atoms with van der Waals surface area (Å²) < 4.78 is 27.2. The maximum atomic E-state index is 13.6. The Morgan fingerprint density at radius 1 is 1.36 bits per heavy atom. The Labute approximate surface area is 131 Å². The molecule has 1 aromatic heterocycles. The first-order valence-electron chi connectivity index (χ1n) is 6.58. The number of anilines is 1. The van der Waals surface area contributed by atoms with Crippen molar-refractivity contribution in [2.45, 2.75) is 26.3 Å². The Morgan fingerprint density at radius 3 is 2.55 bits per heavy atom. The summed E-state index contributed by atoms with van der Waals surface area (Å²) in [5.41, 5.74) is 1.16. The average Bonchev–Trinajstić information content (AvgIpc) is 2.79. The van der Waals surface area contributed by atoms with E-state index in [0.717, 1.165) is 23.5 Å². The normalized spacial score (nSPS) is 12.0. The highest BCUT2D eigenvalue weighted by atomic mass is 35.5. The van der Waals surface area contributed by atoms with Gasteiger partial charge in [-0.05, 0) is 32.0 Å². The zero-order chi connectivity index (χ0) is 16.3. The molecule has 0 fully saturated rings. The third kappa shape index (κ3) is 4.17. The summed E-state index contributed by atoms with van der Waals surface area (Å²) >= 11 is 5.52. The molecule has 3 N–H and O–H groups in total. The van der Waals surface area contributed by atoms with Crippen LogP contribution in [0.2, 0.25) is 5.02 Å². The van der Waals surface area contributed by atoms with Crippen LogP contribution in [0.4, 0.5) is 19.3 Å². The Morgan fingerprint density at radius 2 is 2.00 bits per heavy atom. The fraction of sp³-hybridized carbons (Fsp3) is 0.286. The number of benzene rings is 1. The first-order valence-corrected chi connectivity index (χ1v) is 6.96. The molecule has 0 bridgehead atoms. The number of aromatic amines is 1. The molecular formula is C14H15ClF2N4O. The number of rotatable bonds is 4. The van der Waals surface area contributed by atoms with Gasteiger partial charge in [-0.1, -0.05) is 11.6 Å². The monoisotopic (exact) mass is 328 g/mol. The van der Waals surface area contributed by atoms with Crippen molar-refractivity contribution in [3.63, 3.8) is 0 Å². The molecule has 0 radical (unpaired) electrons. The van der Waals surface area contributed by atoms with Crippen LogP contribution < -0.4 is 10.6 Å². The van der Waals surface area contributed by atoms with Gasteiger partial charge in [-0.3, -0.25) is 5.10 Å². The second kappa shape index (κ2) is 6.74. The lowest BCUT2D eigenvalue weighted by molar-refractivity contribution is 0.249. The Balaban J connectivity index is 1.95. The van der Waals surface area contributed by atoms with Gasteiger partial charge in [-0.25, -0.2) is 13.6 Å². The smallest absolute Gasteiger partial charge is 0.319 e. The largest absolute Gasteiger partial charge is 0.335 e. The van der Waals surface area contributed by atoms with E-state index in [0.29, 0.717) is 6.42 Å². The van der Waals surface area contributed by atoms with Crippen molar-refractivity contribution < 1.29 is 13.6 Å². The zero-order valence-electron chi connectivity index (χ0n) is 12.0. The standard InChI is InChI=1S/C14H15ClF2N4O/c1-7(3-10-4-8(2)20-21-10)18-14(22)19-13-11(16)5-9(15)6-12(13)17/h4-7H,3H2,1-2H3,(H,20,21)(H2,18,19,22)/t7-/m1/s1. The third-order valence-electron chi connectivity index (χ3n) is 2.90. The van der Waals surface area contributed by atoms with Crippen LogP contribution in [0.25, 0.3) is 0 Å². The molecule has 0 unspecified atom stereocenters. The maximum Gasteiger partial charge on any atom is 0.319 e. The topological polar surface area (TPSA) is 69.8 Å². The maximum absolute atomic E-state index is 13.6. The Hall–Kier alpha value is -2.15. The van der Waals surface area contributed by atoms with Crippen LogP contribution in [0.3, 0.4) is 0 Å². The predicted molar refractivity (Wildman–Crippen MR) is 80.0 cm³/mol. The summed E-state index contributed by atoms with van der Waals surface area (Å²) in [4.78, 5) is 11.8. The summed E-state index contributed by atoms with van der Waals surface area (Å²) in [6.45, 7) is 3.63. The van der Waals surface area contributed by atoms with Gasteiger partial charge in [-0.2, -0.15) is 5.10 Å². The summed E-state index contributed by atoms with van der Waals surface area (Å²) in [6.07, 6.45) is 0.489. The molecule has 0 spiro atoms. The van der Waals surface area contributed by atoms with Gasteiger partial charge in [0.1, 0.15) is 5.69 Å². The van der Waals surface area contributed by atoms with Gasteiger partial charge >= 0.3 is 6.03 Å². The first-order chi connectivity index (χ1) is 10.3. The highest BCUT2D eigenvalue weighted by Crippen LogP contribution is 2.23. The molecule has 0 aliphatic carbocycles. The number of H-pyrrole nitrogens is 1. The van der Waals surface area contributed by atoms with Crippen molar-refractivity contribution in [2.24, 2.45) is 0 Å². The second-order valence-electron chi connectivity index (χ2n) is 4.99. The molecule has 1 aromatic carbocycles. The van der Waals surface area contributed by atoms with Crippen molar-refractivity contribution in [2.75, 3.05) is 5.32 Å². The number of hydrogen-bond acceptors (Lipinski definition) is 2. The molecule has 0 saturated heterocycles. The predicted octanol–water partition coefficient (Wildman–Crippen LogP) is 3.40. The summed E-state index contributed by atoms with van der Waals surface area (Å²) in [7, 11) is 0. The molecule has 8 heteroatoms. The van der Waals surface area contributed by atoms with Crippen molar-refractivity contribution in [1.82, 2.24) is 15.5 Å². The lowest BCUT2D eigenvalue weighted by Crippen LogP contribution is -2.37. The molecular weight excluding hydrogens is 314 g/mol. The molecule has 5 nitrogen and oxygen atoms in total. The number of amides is 2. The average molecular weight is 329 g/mol. The van der Waals surface area contributed by atoms with E-state index in [-0.39, 0.29) is 11.1 Å². The van der Waals surface area contributed by atoms with E-state index in [9.17, 15) is 13.6 Å². The van der Waals surface area contributed by atoms with Gasteiger partial charge in [-0.15, -0.1) is 0 Å². The van der Waals surface area contributed by atoms with Gasteiger partial charge in [0.2, 0.25) is 0 Å². The number of aromatic nitrogens is 2. The van der Waals surface area contributed by atoms with Gasteiger partial charge in [0.05, 0.1) is 5.69 Å². The van der Waals surface area contributed by atoms with Crippen molar-refractivity contribution in [3.8, 4) is 0 Å². The van der Waals surface area contributed by atoms with Crippen LogP contribution in [-0.4, -0.2) is 22.3 Å². The number of aryl methyl sites for hydroxylation is 1. The number of nitrogens with zero attached hydrogens (tertiary/aromatic N) is 1. The molecule has 0 aliphatic rings. The van der Waals surface area contributed by atoms with Gasteiger partial charge in [0.25, 0.3) is 0 Å². The minimum absolute atomic E-state index is 0.0803. The van der Waals surface area contributed by atoms with Crippen LogP contribution in [-0.2, 0) is 6.42 Å². The molecule has 0 aliphatic heterocycles. The number of carbonyl (C=O) groups is 1. The second-order valence-corrected chi connectivity index (χ2v) is 5.43. The van der Waals surface area contributed by atoms with E-state index < -0.39 is 23.4 Å². The number of halogens is 3. The van der Waals surface area contributed by atoms with Crippen LogP contribution in [0.15, 0.2) is 18.2 Å². The number of hydrogen-bond donors (Lipinski definition) is 3. The Kier molecular flexibility index (Phi) is 4.97.